The molecule has 0 unspecified atom stereocenters. The van der Waals surface area contributed by atoms with E-state index in [2.05, 4.69) is 9.88 Å². The second kappa shape index (κ2) is 6.27. The number of benzene rings is 2. The van der Waals surface area contributed by atoms with Crippen molar-refractivity contribution in [3.63, 3.8) is 0 Å². The van der Waals surface area contributed by atoms with E-state index in [0.29, 0.717) is 6.54 Å². The molecule has 21 heavy (non-hydrogen) atoms. The van der Waals surface area contributed by atoms with Crippen LogP contribution < -0.4 is 5.32 Å². The lowest BCUT2D eigenvalue weighted by atomic mass is 10.1. The van der Waals surface area contributed by atoms with Gasteiger partial charge in [-0.3, -0.25) is 4.79 Å². The number of amides is 1. The molecule has 0 radical (unpaired) electrons. The molecule has 3 nitrogen and oxygen atoms in total. The van der Waals surface area contributed by atoms with Crippen LogP contribution in [0.25, 0.3) is 10.8 Å². The van der Waals surface area contributed by atoms with E-state index >= 15 is 0 Å². The SMILES string of the molecule is O=C(NCCCn1cccc1)c1ccc2ccccc2c1. The third kappa shape index (κ3) is 3.31. The van der Waals surface area contributed by atoms with Crippen molar-refractivity contribution < 1.29 is 4.79 Å². The summed E-state index contributed by atoms with van der Waals surface area (Å²) < 4.78 is 2.11. The van der Waals surface area contributed by atoms with Crippen LogP contribution in [0, 0.1) is 0 Å². The van der Waals surface area contributed by atoms with Crippen molar-refractivity contribution in [3.05, 3.63) is 72.6 Å². The van der Waals surface area contributed by atoms with E-state index in [4.69, 9.17) is 0 Å². The molecule has 0 aliphatic rings. The Bertz CT molecular complexity index is 732. The third-order valence-electron chi connectivity index (χ3n) is 3.56. The largest absolute Gasteiger partial charge is 0.354 e. The minimum absolute atomic E-state index is 0.00624. The number of nitrogens with one attached hydrogen (secondary N) is 1. The van der Waals surface area contributed by atoms with Crippen LogP contribution >= 0.6 is 0 Å². The molecule has 1 amide bonds. The normalized spacial score (nSPS) is 10.7. The molecule has 0 aliphatic carbocycles. The monoisotopic (exact) mass is 278 g/mol. The lowest BCUT2D eigenvalue weighted by Gasteiger charge is -2.07. The van der Waals surface area contributed by atoms with Crippen LogP contribution in [0.2, 0.25) is 0 Å². The van der Waals surface area contributed by atoms with Gasteiger partial charge in [0, 0.05) is 31.0 Å². The van der Waals surface area contributed by atoms with E-state index in [0.717, 1.165) is 29.3 Å². The average Bonchev–Trinajstić information content (AvgIpc) is 3.04. The Morgan fingerprint density at radius 1 is 0.952 bits per heavy atom. The highest BCUT2D eigenvalue weighted by Crippen LogP contribution is 2.15. The smallest absolute Gasteiger partial charge is 0.251 e. The Kier molecular flexibility index (Phi) is 4.01. The number of nitrogens with zero attached hydrogens (tertiary/aromatic N) is 1. The minimum Gasteiger partial charge on any atom is -0.354 e. The van der Waals surface area contributed by atoms with Gasteiger partial charge in [0.15, 0.2) is 0 Å². The number of carbonyl (C=O) groups is 1. The number of rotatable bonds is 5. The summed E-state index contributed by atoms with van der Waals surface area (Å²) in [6, 6.07) is 17.9. The second-order valence-corrected chi connectivity index (χ2v) is 5.09. The standard InChI is InChI=1S/C18H18N2O/c21-18(19-10-5-13-20-11-3-4-12-20)17-9-8-15-6-1-2-7-16(15)14-17/h1-4,6-9,11-12,14H,5,10,13H2,(H,19,21). The quantitative estimate of drug-likeness (QED) is 0.712. The molecule has 3 heteroatoms. The van der Waals surface area contributed by atoms with Gasteiger partial charge < -0.3 is 9.88 Å². The zero-order valence-electron chi connectivity index (χ0n) is 11.8. The molecular formula is C18H18N2O. The maximum Gasteiger partial charge on any atom is 0.251 e. The molecular weight excluding hydrogens is 260 g/mol. The fourth-order valence-corrected chi connectivity index (χ4v) is 2.42. The van der Waals surface area contributed by atoms with E-state index in [1.165, 1.54) is 0 Å². The van der Waals surface area contributed by atoms with Crippen molar-refractivity contribution in [2.45, 2.75) is 13.0 Å². The van der Waals surface area contributed by atoms with E-state index in [1.54, 1.807) is 0 Å². The molecule has 1 aromatic heterocycles. The molecule has 2 aromatic carbocycles. The van der Waals surface area contributed by atoms with Gasteiger partial charge in [0.05, 0.1) is 0 Å². The van der Waals surface area contributed by atoms with E-state index in [1.807, 2.05) is 67.0 Å². The van der Waals surface area contributed by atoms with Crippen molar-refractivity contribution in [3.8, 4) is 0 Å². The van der Waals surface area contributed by atoms with E-state index in [9.17, 15) is 4.79 Å². The number of hydrogen-bond acceptors (Lipinski definition) is 1. The van der Waals surface area contributed by atoms with Crippen LogP contribution in [0.1, 0.15) is 16.8 Å². The van der Waals surface area contributed by atoms with Gasteiger partial charge in [0.2, 0.25) is 0 Å². The van der Waals surface area contributed by atoms with Crippen molar-refractivity contribution in [1.29, 1.82) is 0 Å². The van der Waals surface area contributed by atoms with Crippen molar-refractivity contribution in [2.24, 2.45) is 0 Å². The summed E-state index contributed by atoms with van der Waals surface area (Å²) in [6.07, 6.45) is 4.99. The highest BCUT2D eigenvalue weighted by Gasteiger charge is 2.05. The van der Waals surface area contributed by atoms with Crippen LogP contribution in [-0.4, -0.2) is 17.0 Å². The van der Waals surface area contributed by atoms with Crippen LogP contribution in [0.15, 0.2) is 67.0 Å². The van der Waals surface area contributed by atoms with Gasteiger partial charge in [-0.1, -0.05) is 30.3 Å². The number of carbonyl (C=O) groups excluding carboxylic acids is 1. The first-order valence-electron chi connectivity index (χ1n) is 7.21. The predicted molar refractivity (Wildman–Crippen MR) is 85.3 cm³/mol. The topological polar surface area (TPSA) is 34.0 Å². The number of aryl methyl sites for hydroxylation is 1. The van der Waals surface area contributed by atoms with Gasteiger partial charge in [0.1, 0.15) is 0 Å². The summed E-state index contributed by atoms with van der Waals surface area (Å²) in [7, 11) is 0. The van der Waals surface area contributed by atoms with Crippen molar-refractivity contribution >= 4 is 16.7 Å². The molecule has 0 bridgehead atoms. The molecule has 0 aliphatic heterocycles. The zero-order valence-corrected chi connectivity index (χ0v) is 11.8. The number of aromatic nitrogens is 1. The lowest BCUT2D eigenvalue weighted by Crippen LogP contribution is -2.25. The van der Waals surface area contributed by atoms with Crippen LogP contribution in [0.4, 0.5) is 0 Å². The fourth-order valence-electron chi connectivity index (χ4n) is 2.42. The zero-order chi connectivity index (χ0) is 14.5. The Hall–Kier alpha value is -2.55. The summed E-state index contributed by atoms with van der Waals surface area (Å²) in [6.45, 7) is 1.61. The van der Waals surface area contributed by atoms with E-state index in [-0.39, 0.29) is 5.91 Å². The summed E-state index contributed by atoms with van der Waals surface area (Å²) in [4.78, 5) is 12.1. The third-order valence-corrected chi connectivity index (χ3v) is 3.56. The number of hydrogen-bond donors (Lipinski definition) is 1. The molecule has 0 spiro atoms. The van der Waals surface area contributed by atoms with Gasteiger partial charge in [-0.2, -0.15) is 0 Å². The first-order chi connectivity index (χ1) is 10.3. The van der Waals surface area contributed by atoms with Crippen LogP contribution in [0.3, 0.4) is 0 Å². The van der Waals surface area contributed by atoms with Crippen LogP contribution in [0.5, 0.6) is 0 Å². The first kappa shape index (κ1) is 13.4. The Labute approximate surface area is 124 Å². The molecule has 1 heterocycles. The summed E-state index contributed by atoms with van der Waals surface area (Å²) in [5.74, 6) is -0.00624. The molecule has 3 aromatic rings. The van der Waals surface area contributed by atoms with Gasteiger partial charge in [-0.25, -0.2) is 0 Å². The molecule has 0 atom stereocenters. The highest BCUT2D eigenvalue weighted by atomic mass is 16.1. The summed E-state index contributed by atoms with van der Waals surface area (Å²) >= 11 is 0. The van der Waals surface area contributed by atoms with Crippen molar-refractivity contribution in [2.75, 3.05) is 6.54 Å². The van der Waals surface area contributed by atoms with Crippen LogP contribution in [-0.2, 0) is 6.54 Å². The average molecular weight is 278 g/mol. The molecule has 3 rings (SSSR count). The lowest BCUT2D eigenvalue weighted by molar-refractivity contribution is 0.0953. The maximum atomic E-state index is 12.1. The second-order valence-electron chi connectivity index (χ2n) is 5.09. The predicted octanol–water partition coefficient (Wildman–Crippen LogP) is 3.46. The molecule has 0 fully saturated rings. The maximum absolute atomic E-state index is 12.1. The highest BCUT2D eigenvalue weighted by molar-refractivity contribution is 5.98. The Morgan fingerprint density at radius 3 is 2.52 bits per heavy atom. The molecule has 0 saturated carbocycles. The van der Waals surface area contributed by atoms with Gasteiger partial charge >= 0.3 is 0 Å². The van der Waals surface area contributed by atoms with Gasteiger partial charge in [-0.05, 0) is 41.5 Å². The van der Waals surface area contributed by atoms with Crippen molar-refractivity contribution in [1.82, 2.24) is 9.88 Å². The summed E-state index contributed by atoms with van der Waals surface area (Å²) in [5.41, 5.74) is 0.717. The number of fused-ring (bicyclic) bond motifs is 1. The Balaban J connectivity index is 1.56. The minimum atomic E-state index is -0.00624. The fraction of sp³-hybridized carbons (Fsp3) is 0.167. The first-order valence-corrected chi connectivity index (χ1v) is 7.21. The molecule has 1 N–H and O–H groups in total. The Morgan fingerprint density at radius 2 is 1.71 bits per heavy atom. The van der Waals surface area contributed by atoms with E-state index < -0.39 is 0 Å². The molecule has 106 valence electrons. The van der Waals surface area contributed by atoms with Gasteiger partial charge in [-0.15, -0.1) is 0 Å². The van der Waals surface area contributed by atoms with Gasteiger partial charge in [0.25, 0.3) is 5.91 Å². The molecule has 0 saturated heterocycles. The summed E-state index contributed by atoms with van der Waals surface area (Å²) in [5, 5.41) is 5.22.